The fourth-order valence-electron chi connectivity index (χ4n) is 5.05. The first-order valence-electron chi connectivity index (χ1n) is 13.5. The van der Waals surface area contributed by atoms with E-state index < -0.39 is 12.1 Å². The standard InChI is InChI=1S/C29H36N4O5/c1-2-38-28(35)18-22(7-5-6-21-12-14-30-15-13-21)29(36)32-26-20-37-17-16-31-27(34)11-10-23-19-33(26)25-9-4-3-8-24(23)25/h3-4,8-9,12-15,19,22-23,26H,2,5-7,10-11,16-18,20H2,1H3,(H-,31,32,34,36)/p+1/t22-,23?,26?/m1/s1. The van der Waals surface area contributed by atoms with E-state index in [4.69, 9.17) is 9.47 Å². The number of ether oxygens (including phenoxy) is 2. The number of hydrogen-bond acceptors (Lipinski definition) is 6. The number of aromatic nitrogens is 1. The van der Waals surface area contributed by atoms with Crippen LogP contribution in [-0.4, -0.2) is 66.1 Å². The molecule has 2 bridgehead atoms. The number of pyridine rings is 1. The average molecular weight is 522 g/mol. The van der Waals surface area contributed by atoms with Crippen LogP contribution >= 0.6 is 0 Å². The maximum Gasteiger partial charge on any atom is 0.306 e. The van der Waals surface area contributed by atoms with E-state index in [1.165, 1.54) is 0 Å². The molecular weight excluding hydrogens is 484 g/mol. The Morgan fingerprint density at radius 2 is 2.05 bits per heavy atom. The number of para-hydroxylation sites is 1. The fourth-order valence-corrected chi connectivity index (χ4v) is 5.05. The molecule has 2 amide bonds. The lowest BCUT2D eigenvalue weighted by atomic mass is 9.95. The molecule has 3 atom stereocenters. The molecule has 2 aliphatic rings. The van der Waals surface area contributed by atoms with Gasteiger partial charge in [0.05, 0.1) is 25.6 Å². The molecule has 0 aliphatic carbocycles. The lowest BCUT2D eigenvalue weighted by Gasteiger charge is -2.21. The fraction of sp³-hybridized carbons (Fsp3) is 0.483. The molecule has 1 aromatic heterocycles. The van der Waals surface area contributed by atoms with Gasteiger partial charge in [-0.2, -0.15) is 4.58 Å². The zero-order valence-electron chi connectivity index (χ0n) is 21.9. The summed E-state index contributed by atoms with van der Waals surface area (Å²) in [7, 11) is 0. The first-order valence-corrected chi connectivity index (χ1v) is 13.5. The number of nitrogens with zero attached hydrogens (tertiary/aromatic N) is 2. The van der Waals surface area contributed by atoms with E-state index in [1.54, 1.807) is 19.3 Å². The molecule has 0 radical (unpaired) electrons. The zero-order chi connectivity index (χ0) is 26.7. The Hall–Kier alpha value is -3.59. The van der Waals surface area contributed by atoms with Crippen LogP contribution in [0.4, 0.5) is 5.69 Å². The number of esters is 1. The second-order valence-corrected chi connectivity index (χ2v) is 9.66. The van der Waals surface area contributed by atoms with Crippen LogP contribution in [-0.2, 0) is 30.3 Å². The highest BCUT2D eigenvalue weighted by molar-refractivity contribution is 5.84. The minimum atomic E-state index is -0.523. The number of benzene rings is 1. The van der Waals surface area contributed by atoms with Crippen LogP contribution in [0.1, 0.15) is 56.1 Å². The molecule has 4 rings (SSSR count). The van der Waals surface area contributed by atoms with Crippen molar-refractivity contribution in [2.75, 3.05) is 26.4 Å². The van der Waals surface area contributed by atoms with Crippen molar-refractivity contribution in [1.29, 1.82) is 0 Å². The van der Waals surface area contributed by atoms with Gasteiger partial charge in [-0.25, -0.2) is 0 Å². The summed E-state index contributed by atoms with van der Waals surface area (Å²) in [6.45, 7) is 3.04. The normalized spacial score (nSPS) is 20.1. The van der Waals surface area contributed by atoms with Gasteiger partial charge in [-0.3, -0.25) is 24.7 Å². The van der Waals surface area contributed by atoms with Gasteiger partial charge < -0.3 is 14.8 Å². The molecule has 0 saturated heterocycles. The van der Waals surface area contributed by atoms with Gasteiger partial charge in [0.1, 0.15) is 6.61 Å². The molecule has 1 aromatic carbocycles. The Kier molecular flexibility index (Phi) is 9.97. The van der Waals surface area contributed by atoms with Crippen LogP contribution in [0, 0.1) is 5.92 Å². The summed E-state index contributed by atoms with van der Waals surface area (Å²) in [6.07, 6.45) is 8.36. The summed E-state index contributed by atoms with van der Waals surface area (Å²) in [5.41, 5.74) is 3.26. The third-order valence-corrected chi connectivity index (χ3v) is 6.98. The van der Waals surface area contributed by atoms with Gasteiger partial charge in [-0.15, -0.1) is 0 Å². The molecule has 2 aliphatic heterocycles. The molecule has 38 heavy (non-hydrogen) atoms. The van der Waals surface area contributed by atoms with Gasteiger partial charge in [0.15, 0.2) is 6.21 Å². The van der Waals surface area contributed by atoms with Crippen LogP contribution in [0.3, 0.4) is 0 Å². The van der Waals surface area contributed by atoms with E-state index >= 15 is 0 Å². The summed E-state index contributed by atoms with van der Waals surface area (Å²) < 4.78 is 13.1. The van der Waals surface area contributed by atoms with E-state index in [2.05, 4.69) is 32.5 Å². The largest absolute Gasteiger partial charge is 0.466 e. The van der Waals surface area contributed by atoms with Crippen molar-refractivity contribution < 1.29 is 28.4 Å². The predicted molar refractivity (Wildman–Crippen MR) is 142 cm³/mol. The number of carbonyl (C=O) groups is 3. The number of amides is 2. The first-order chi connectivity index (χ1) is 18.5. The molecule has 0 fully saturated rings. The smallest absolute Gasteiger partial charge is 0.306 e. The van der Waals surface area contributed by atoms with Crippen LogP contribution in [0.25, 0.3) is 0 Å². The maximum absolute atomic E-state index is 13.6. The summed E-state index contributed by atoms with van der Waals surface area (Å²) >= 11 is 0. The van der Waals surface area contributed by atoms with Gasteiger partial charge in [0, 0.05) is 42.9 Å². The minimum Gasteiger partial charge on any atom is -0.466 e. The third-order valence-electron chi connectivity index (χ3n) is 6.98. The Balaban J connectivity index is 1.51. The topological polar surface area (TPSA) is 110 Å². The number of hydrogen-bond donors (Lipinski definition) is 2. The summed E-state index contributed by atoms with van der Waals surface area (Å²) in [4.78, 5) is 42.2. The Bertz CT molecular complexity index is 1140. The van der Waals surface area contributed by atoms with E-state index in [9.17, 15) is 14.4 Å². The van der Waals surface area contributed by atoms with Crippen molar-refractivity contribution in [1.82, 2.24) is 15.6 Å². The lowest BCUT2D eigenvalue weighted by Crippen LogP contribution is -2.47. The quantitative estimate of drug-likeness (QED) is 0.388. The maximum atomic E-state index is 13.6. The van der Waals surface area contributed by atoms with Crippen LogP contribution in [0.2, 0.25) is 0 Å². The SMILES string of the molecule is CCOC(=O)C[C@@H](CCCc1ccncc1)C(=O)NC1COCCNC(=O)CCC2C=[N+]1c1ccccc12. The number of nitrogens with one attached hydrogen (secondary N) is 2. The van der Waals surface area contributed by atoms with Crippen molar-refractivity contribution in [2.24, 2.45) is 5.92 Å². The summed E-state index contributed by atoms with van der Waals surface area (Å²) in [5, 5.41) is 6.06. The number of fused-ring (bicyclic) bond motifs is 4. The average Bonchev–Trinajstić information content (AvgIpc) is 3.29. The van der Waals surface area contributed by atoms with Crippen molar-refractivity contribution >= 4 is 29.7 Å². The molecule has 202 valence electrons. The van der Waals surface area contributed by atoms with E-state index in [0.717, 1.165) is 29.7 Å². The van der Waals surface area contributed by atoms with Crippen molar-refractivity contribution in [2.45, 2.75) is 57.5 Å². The van der Waals surface area contributed by atoms with E-state index in [0.29, 0.717) is 32.4 Å². The van der Waals surface area contributed by atoms with Crippen LogP contribution in [0.5, 0.6) is 0 Å². The third kappa shape index (κ3) is 7.47. The molecule has 2 unspecified atom stereocenters. The highest BCUT2D eigenvalue weighted by atomic mass is 16.5. The Labute approximate surface area is 223 Å². The molecular formula is C29H37N4O5+. The van der Waals surface area contributed by atoms with E-state index in [-0.39, 0.29) is 43.3 Å². The Morgan fingerprint density at radius 1 is 1.24 bits per heavy atom. The van der Waals surface area contributed by atoms with E-state index in [1.807, 2.05) is 30.3 Å². The Morgan fingerprint density at radius 3 is 2.87 bits per heavy atom. The molecule has 0 spiro atoms. The van der Waals surface area contributed by atoms with Gasteiger partial charge in [0.2, 0.25) is 17.5 Å². The highest BCUT2D eigenvalue weighted by Gasteiger charge is 2.37. The van der Waals surface area contributed by atoms with Crippen molar-refractivity contribution in [3.8, 4) is 0 Å². The van der Waals surface area contributed by atoms with Crippen LogP contribution < -0.4 is 10.6 Å². The minimum absolute atomic E-state index is 0.0110. The zero-order valence-corrected chi connectivity index (χ0v) is 21.9. The molecule has 2 N–H and O–H groups in total. The van der Waals surface area contributed by atoms with Crippen molar-refractivity contribution in [3.63, 3.8) is 0 Å². The van der Waals surface area contributed by atoms with Gasteiger partial charge in [0.25, 0.3) is 6.17 Å². The molecule has 2 aromatic rings. The summed E-state index contributed by atoms with van der Waals surface area (Å²) in [5.74, 6) is -1.02. The lowest BCUT2D eigenvalue weighted by molar-refractivity contribution is -0.488. The number of aryl methyl sites for hydroxylation is 1. The van der Waals surface area contributed by atoms with Gasteiger partial charge >= 0.3 is 5.97 Å². The molecule has 9 nitrogen and oxygen atoms in total. The second-order valence-electron chi connectivity index (χ2n) is 9.66. The number of rotatable bonds is 9. The van der Waals surface area contributed by atoms with Crippen molar-refractivity contribution in [3.05, 3.63) is 59.9 Å². The molecule has 9 heteroatoms. The highest BCUT2D eigenvalue weighted by Crippen LogP contribution is 2.35. The second kappa shape index (κ2) is 13.8. The molecule has 0 saturated carbocycles. The number of carbonyl (C=O) groups excluding carboxylic acids is 3. The first kappa shape index (κ1) is 27.4. The molecule has 3 heterocycles. The summed E-state index contributed by atoms with van der Waals surface area (Å²) in [6, 6.07) is 12.0. The van der Waals surface area contributed by atoms with Gasteiger partial charge in [-0.1, -0.05) is 18.2 Å². The van der Waals surface area contributed by atoms with Gasteiger partial charge in [-0.05, 0) is 50.3 Å². The monoisotopic (exact) mass is 521 g/mol. The predicted octanol–water partition coefficient (Wildman–Crippen LogP) is 2.85. The van der Waals surface area contributed by atoms with Crippen LogP contribution in [0.15, 0.2) is 48.8 Å².